The Morgan fingerprint density at radius 2 is 2.17 bits per heavy atom. The molecule has 1 aromatic carbocycles. The van der Waals surface area contributed by atoms with Crippen LogP contribution in [0.5, 0.6) is 5.88 Å². The molecular formula is C18H23N3O2. The maximum Gasteiger partial charge on any atom is 0.270 e. The topological polar surface area (TPSA) is 54.5 Å². The zero-order valence-electron chi connectivity index (χ0n) is 13.9. The summed E-state index contributed by atoms with van der Waals surface area (Å²) in [5.41, 5.74) is 0.391. The van der Waals surface area contributed by atoms with Crippen LogP contribution in [0, 0.1) is 0 Å². The van der Waals surface area contributed by atoms with Crippen LogP contribution in [-0.4, -0.2) is 48.6 Å². The number of amides is 1. The Kier molecular flexibility index (Phi) is 4.48. The SMILES string of the molecule is COc1nc(C(=O)NC[C@H](C)N(C)C2CC2)cc2ccccc12. The van der Waals surface area contributed by atoms with Gasteiger partial charge in [-0.3, -0.25) is 9.69 Å². The summed E-state index contributed by atoms with van der Waals surface area (Å²) < 4.78 is 5.32. The Balaban J connectivity index is 1.72. The molecule has 23 heavy (non-hydrogen) atoms. The van der Waals surface area contributed by atoms with Crippen molar-refractivity contribution in [3.8, 4) is 5.88 Å². The van der Waals surface area contributed by atoms with Crippen molar-refractivity contribution in [2.75, 3.05) is 20.7 Å². The number of ether oxygens (including phenoxy) is 1. The van der Waals surface area contributed by atoms with Crippen LogP contribution in [0.4, 0.5) is 0 Å². The van der Waals surface area contributed by atoms with Crippen LogP contribution >= 0.6 is 0 Å². The smallest absolute Gasteiger partial charge is 0.270 e. The third-order valence-corrected chi connectivity index (χ3v) is 4.51. The number of fused-ring (bicyclic) bond motifs is 1. The van der Waals surface area contributed by atoms with Crippen LogP contribution in [0.1, 0.15) is 30.3 Å². The van der Waals surface area contributed by atoms with E-state index in [1.54, 1.807) is 7.11 Å². The fraction of sp³-hybridized carbons (Fsp3) is 0.444. The van der Waals surface area contributed by atoms with Gasteiger partial charge in [0.2, 0.25) is 5.88 Å². The molecule has 0 bridgehead atoms. The summed E-state index contributed by atoms with van der Waals surface area (Å²) in [6, 6.07) is 10.6. The van der Waals surface area contributed by atoms with Gasteiger partial charge in [0.05, 0.1) is 7.11 Å². The van der Waals surface area contributed by atoms with E-state index in [-0.39, 0.29) is 5.91 Å². The molecule has 1 saturated carbocycles. The number of carbonyl (C=O) groups excluding carboxylic acids is 1. The lowest BCUT2D eigenvalue weighted by molar-refractivity contribution is 0.0934. The van der Waals surface area contributed by atoms with Gasteiger partial charge in [-0.15, -0.1) is 0 Å². The molecule has 1 aromatic heterocycles. The first-order valence-electron chi connectivity index (χ1n) is 8.04. The number of nitrogens with zero attached hydrogens (tertiary/aromatic N) is 2. The average Bonchev–Trinajstić information content (AvgIpc) is 3.42. The van der Waals surface area contributed by atoms with Gasteiger partial charge in [0.25, 0.3) is 5.91 Å². The molecule has 0 saturated heterocycles. The number of hydrogen-bond acceptors (Lipinski definition) is 4. The predicted molar refractivity (Wildman–Crippen MR) is 90.9 cm³/mol. The zero-order valence-corrected chi connectivity index (χ0v) is 13.9. The van der Waals surface area contributed by atoms with E-state index in [4.69, 9.17) is 4.74 Å². The first kappa shape index (κ1) is 15.7. The highest BCUT2D eigenvalue weighted by Gasteiger charge is 2.29. The van der Waals surface area contributed by atoms with Crippen LogP contribution in [-0.2, 0) is 0 Å². The maximum absolute atomic E-state index is 12.4. The lowest BCUT2D eigenvalue weighted by atomic mass is 10.1. The van der Waals surface area contributed by atoms with Crippen LogP contribution in [0.2, 0.25) is 0 Å². The molecular weight excluding hydrogens is 290 g/mol. The summed E-state index contributed by atoms with van der Waals surface area (Å²) in [7, 11) is 3.69. The summed E-state index contributed by atoms with van der Waals surface area (Å²) in [6.45, 7) is 2.75. The molecule has 5 heteroatoms. The molecule has 1 fully saturated rings. The molecule has 1 atom stereocenters. The van der Waals surface area contributed by atoms with Crippen molar-refractivity contribution < 1.29 is 9.53 Å². The van der Waals surface area contributed by atoms with Crippen molar-refractivity contribution in [2.24, 2.45) is 0 Å². The standard InChI is InChI=1S/C18H23N3O2/c1-12(21(2)14-8-9-14)11-19-17(22)16-10-13-6-4-5-7-15(13)18(20-16)23-3/h4-7,10,12,14H,8-9,11H2,1-3H3,(H,19,22)/t12-/m0/s1. The van der Waals surface area contributed by atoms with Crippen molar-refractivity contribution in [2.45, 2.75) is 31.8 Å². The quantitative estimate of drug-likeness (QED) is 0.890. The normalized spacial score (nSPS) is 15.7. The highest BCUT2D eigenvalue weighted by atomic mass is 16.5. The molecule has 5 nitrogen and oxygen atoms in total. The van der Waals surface area contributed by atoms with E-state index in [1.165, 1.54) is 12.8 Å². The number of nitrogens with one attached hydrogen (secondary N) is 1. The van der Waals surface area contributed by atoms with Gasteiger partial charge in [0.1, 0.15) is 5.69 Å². The lowest BCUT2D eigenvalue weighted by Crippen LogP contribution is -2.41. The first-order chi connectivity index (χ1) is 11.1. The monoisotopic (exact) mass is 313 g/mol. The number of methoxy groups -OCH3 is 1. The molecule has 1 N–H and O–H groups in total. The number of pyridine rings is 1. The summed E-state index contributed by atoms with van der Waals surface area (Å²) in [4.78, 5) is 19.1. The number of aromatic nitrogens is 1. The minimum absolute atomic E-state index is 0.162. The summed E-state index contributed by atoms with van der Waals surface area (Å²) >= 11 is 0. The summed E-state index contributed by atoms with van der Waals surface area (Å²) in [6.07, 6.45) is 2.52. The van der Waals surface area contributed by atoms with Gasteiger partial charge in [-0.2, -0.15) is 0 Å². The second kappa shape index (κ2) is 6.54. The van der Waals surface area contributed by atoms with E-state index in [0.717, 1.165) is 10.8 Å². The third-order valence-electron chi connectivity index (χ3n) is 4.51. The summed E-state index contributed by atoms with van der Waals surface area (Å²) in [5.74, 6) is 0.321. The van der Waals surface area contributed by atoms with Crippen molar-refractivity contribution in [1.29, 1.82) is 0 Å². The minimum Gasteiger partial charge on any atom is -0.481 e. The van der Waals surface area contributed by atoms with Crippen molar-refractivity contribution >= 4 is 16.7 Å². The van der Waals surface area contributed by atoms with E-state index in [9.17, 15) is 4.79 Å². The Bertz CT molecular complexity index is 712. The number of benzene rings is 1. The van der Waals surface area contributed by atoms with Gasteiger partial charge >= 0.3 is 0 Å². The Labute approximate surface area is 136 Å². The van der Waals surface area contributed by atoms with Crippen molar-refractivity contribution in [1.82, 2.24) is 15.2 Å². The number of rotatable bonds is 6. The molecule has 0 spiro atoms. The van der Waals surface area contributed by atoms with Gasteiger partial charge in [0, 0.05) is 24.0 Å². The zero-order chi connectivity index (χ0) is 16.4. The molecule has 1 amide bonds. The molecule has 1 aliphatic carbocycles. The van der Waals surface area contributed by atoms with Crippen LogP contribution < -0.4 is 10.1 Å². The van der Waals surface area contributed by atoms with E-state index in [2.05, 4.69) is 29.2 Å². The molecule has 0 radical (unpaired) electrons. The van der Waals surface area contributed by atoms with E-state index in [0.29, 0.717) is 30.2 Å². The molecule has 0 unspecified atom stereocenters. The first-order valence-corrected chi connectivity index (χ1v) is 8.04. The minimum atomic E-state index is -0.162. The van der Waals surface area contributed by atoms with E-state index in [1.807, 2.05) is 30.3 Å². The maximum atomic E-state index is 12.4. The predicted octanol–water partition coefficient (Wildman–Crippen LogP) is 2.46. The molecule has 1 heterocycles. The summed E-state index contributed by atoms with van der Waals surface area (Å²) in [5, 5.41) is 4.84. The number of carbonyl (C=O) groups is 1. The Morgan fingerprint density at radius 1 is 1.43 bits per heavy atom. The molecule has 0 aliphatic heterocycles. The third kappa shape index (κ3) is 3.45. The highest BCUT2D eigenvalue weighted by Crippen LogP contribution is 2.27. The second-order valence-corrected chi connectivity index (χ2v) is 6.19. The highest BCUT2D eigenvalue weighted by molar-refractivity contribution is 5.98. The average molecular weight is 313 g/mol. The van der Waals surface area contributed by atoms with E-state index < -0.39 is 0 Å². The Hall–Kier alpha value is -2.14. The fourth-order valence-electron chi connectivity index (χ4n) is 2.76. The molecule has 2 aromatic rings. The van der Waals surface area contributed by atoms with Crippen LogP contribution in [0.15, 0.2) is 30.3 Å². The number of likely N-dealkylation sites (N-methyl/N-ethyl adjacent to an activating group) is 1. The van der Waals surface area contributed by atoms with Gasteiger partial charge in [-0.25, -0.2) is 4.98 Å². The molecule has 122 valence electrons. The number of hydrogen-bond donors (Lipinski definition) is 1. The van der Waals surface area contributed by atoms with Gasteiger partial charge in [0.15, 0.2) is 0 Å². The largest absolute Gasteiger partial charge is 0.481 e. The second-order valence-electron chi connectivity index (χ2n) is 6.19. The lowest BCUT2D eigenvalue weighted by Gasteiger charge is -2.24. The van der Waals surface area contributed by atoms with Crippen LogP contribution in [0.25, 0.3) is 10.8 Å². The van der Waals surface area contributed by atoms with Crippen LogP contribution in [0.3, 0.4) is 0 Å². The van der Waals surface area contributed by atoms with Gasteiger partial charge in [-0.05, 0) is 44.3 Å². The van der Waals surface area contributed by atoms with E-state index >= 15 is 0 Å². The fourth-order valence-corrected chi connectivity index (χ4v) is 2.76. The Morgan fingerprint density at radius 3 is 2.87 bits per heavy atom. The molecule has 1 aliphatic rings. The van der Waals surface area contributed by atoms with Crippen molar-refractivity contribution in [3.05, 3.63) is 36.0 Å². The van der Waals surface area contributed by atoms with Gasteiger partial charge < -0.3 is 10.1 Å². The molecule has 3 rings (SSSR count). The van der Waals surface area contributed by atoms with Crippen molar-refractivity contribution in [3.63, 3.8) is 0 Å². The van der Waals surface area contributed by atoms with Gasteiger partial charge in [-0.1, -0.05) is 18.2 Å².